The van der Waals surface area contributed by atoms with E-state index in [9.17, 15) is 5.11 Å². The average Bonchev–Trinajstić information content (AvgIpc) is 3.16. The molecule has 110 valence electrons. The van der Waals surface area contributed by atoms with Gasteiger partial charge in [-0.05, 0) is 32.6 Å². The van der Waals surface area contributed by atoms with Gasteiger partial charge >= 0.3 is 0 Å². The van der Waals surface area contributed by atoms with Crippen LogP contribution in [-0.2, 0) is 0 Å². The van der Waals surface area contributed by atoms with Gasteiger partial charge in [0.1, 0.15) is 17.5 Å². The third-order valence-electron chi connectivity index (χ3n) is 4.54. The van der Waals surface area contributed by atoms with Crippen molar-refractivity contribution in [3.8, 4) is 0 Å². The second-order valence-electron chi connectivity index (χ2n) is 6.48. The molecule has 0 saturated heterocycles. The second kappa shape index (κ2) is 4.88. The van der Waals surface area contributed by atoms with E-state index in [0.29, 0.717) is 18.3 Å². The van der Waals surface area contributed by atoms with Gasteiger partial charge in [0, 0.05) is 25.1 Å². The molecule has 5 heteroatoms. The van der Waals surface area contributed by atoms with Crippen molar-refractivity contribution in [3.05, 3.63) is 11.4 Å². The van der Waals surface area contributed by atoms with E-state index in [1.54, 1.807) is 0 Å². The van der Waals surface area contributed by atoms with E-state index in [2.05, 4.69) is 4.98 Å². The highest BCUT2D eigenvalue weighted by Crippen LogP contribution is 2.40. The third-order valence-corrected chi connectivity index (χ3v) is 4.54. The molecule has 1 aromatic rings. The Hall–Kier alpha value is -1.36. The minimum absolute atomic E-state index is 0.486. The molecule has 2 fully saturated rings. The van der Waals surface area contributed by atoms with Crippen molar-refractivity contribution >= 4 is 11.6 Å². The van der Waals surface area contributed by atoms with Gasteiger partial charge in [0.2, 0.25) is 0 Å². The summed E-state index contributed by atoms with van der Waals surface area (Å²) in [6.07, 6.45) is 6.31. The van der Waals surface area contributed by atoms with Gasteiger partial charge in [-0.15, -0.1) is 0 Å². The zero-order valence-electron chi connectivity index (χ0n) is 12.4. The summed E-state index contributed by atoms with van der Waals surface area (Å²) < 4.78 is 0. The summed E-state index contributed by atoms with van der Waals surface area (Å²) in [5, 5.41) is 10.6. The molecule has 0 aromatic carbocycles. The molecular weight excluding hydrogens is 252 g/mol. The van der Waals surface area contributed by atoms with Crippen LogP contribution < -0.4 is 10.6 Å². The topological polar surface area (TPSA) is 75.3 Å². The van der Waals surface area contributed by atoms with E-state index in [1.807, 2.05) is 18.9 Å². The van der Waals surface area contributed by atoms with E-state index in [4.69, 9.17) is 10.7 Å². The van der Waals surface area contributed by atoms with Crippen molar-refractivity contribution < 1.29 is 5.11 Å². The predicted octanol–water partition coefficient (Wildman–Crippen LogP) is 1.99. The molecular formula is C15H24N4O. The molecule has 0 bridgehead atoms. The first-order valence-corrected chi connectivity index (χ1v) is 7.56. The van der Waals surface area contributed by atoms with Crippen LogP contribution >= 0.6 is 0 Å². The molecule has 0 spiro atoms. The number of aromatic nitrogens is 2. The van der Waals surface area contributed by atoms with Gasteiger partial charge in [0.25, 0.3) is 0 Å². The standard InChI is InChI=1S/C15H24N4O/c1-10-12(16)17-13(11-5-6-11)18-14(10)19(2)9-15(20)7-3-4-8-15/h11,20H,3-9H2,1-2H3,(H2,16,17,18). The zero-order valence-corrected chi connectivity index (χ0v) is 12.4. The molecule has 0 radical (unpaired) electrons. The van der Waals surface area contributed by atoms with E-state index in [1.165, 1.54) is 0 Å². The lowest BCUT2D eigenvalue weighted by molar-refractivity contribution is 0.0557. The number of likely N-dealkylation sites (N-methyl/N-ethyl adjacent to an activating group) is 1. The lowest BCUT2D eigenvalue weighted by Gasteiger charge is -2.30. The number of nitrogen functional groups attached to an aromatic ring is 1. The van der Waals surface area contributed by atoms with Crippen LogP contribution in [0.1, 0.15) is 55.8 Å². The number of nitrogens with zero attached hydrogens (tertiary/aromatic N) is 3. The van der Waals surface area contributed by atoms with Gasteiger partial charge in [-0.1, -0.05) is 12.8 Å². The summed E-state index contributed by atoms with van der Waals surface area (Å²) in [4.78, 5) is 11.1. The highest BCUT2D eigenvalue weighted by Gasteiger charge is 2.34. The average molecular weight is 276 g/mol. The first-order valence-electron chi connectivity index (χ1n) is 7.56. The smallest absolute Gasteiger partial charge is 0.137 e. The summed E-state index contributed by atoms with van der Waals surface area (Å²) >= 11 is 0. The number of hydrogen-bond donors (Lipinski definition) is 2. The number of hydrogen-bond acceptors (Lipinski definition) is 5. The van der Waals surface area contributed by atoms with Gasteiger partial charge in [0.15, 0.2) is 0 Å². The molecule has 3 rings (SSSR count). The lowest BCUT2D eigenvalue weighted by atomic mass is 10.0. The molecule has 0 atom stereocenters. The molecule has 2 saturated carbocycles. The van der Waals surface area contributed by atoms with Crippen LogP contribution in [0.2, 0.25) is 0 Å². The van der Waals surface area contributed by atoms with Gasteiger partial charge in [-0.2, -0.15) is 0 Å². The van der Waals surface area contributed by atoms with E-state index in [-0.39, 0.29) is 0 Å². The summed E-state index contributed by atoms with van der Waals surface area (Å²) in [5.41, 5.74) is 6.37. The first kappa shape index (κ1) is 13.6. The molecule has 1 aromatic heterocycles. The lowest BCUT2D eigenvalue weighted by Crippen LogP contribution is -2.40. The van der Waals surface area contributed by atoms with Crippen molar-refractivity contribution in [1.82, 2.24) is 9.97 Å². The molecule has 0 amide bonds. The second-order valence-corrected chi connectivity index (χ2v) is 6.48. The van der Waals surface area contributed by atoms with Crippen molar-refractivity contribution in [2.24, 2.45) is 0 Å². The van der Waals surface area contributed by atoms with Crippen LogP contribution in [0.5, 0.6) is 0 Å². The molecule has 5 nitrogen and oxygen atoms in total. The largest absolute Gasteiger partial charge is 0.388 e. The quantitative estimate of drug-likeness (QED) is 0.879. The van der Waals surface area contributed by atoms with Crippen LogP contribution in [0.15, 0.2) is 0 Å². The zero-order chi connectivity index (χ0) is 14.3. The van der Waals surface area contributed by atoms with E-state index < -0.39 is 5.60 Å². The Bertz CT molecular complexity index is 507. The molecule has 0 aliphatic heterocycles. The number of rotatable bonds is 4. The van der Waals surface area contributed by atoms with Crippen LogP contribution in [0.3, 0.4) is 0 Å². The van der Waals surface area contributed by atoms with Gasteiger partial charge < -0.3 is 15.7 Å². The van der Waals surface area contributed by atoms with Gasteiger partial charge in [-0.3, -0.25) is 0 Å². The molecule has 20 heavy (non-hydrogen) atoms. The van der Waals surface area contributed by atoms with Crippen LogP contribution in [0.4, 0.5) is 11.6 Å². The molecule has 0 unspecified atom stereocenters. The van der Waals surface area contributed by atoms with Crippen LogP contribution in [0.25, 0.3) is 0 Å². The Kier molecular flexibility index (Phi) is 3.32. The van der Waals surface area contributed by atoms with Crippen LogP contribution in [-0.4, -0.2) is 34.3 Å². The summed E-state index contributed by atoms with van der Waals surface area (Å²) in [5.74, 6) is 2.80. The maximum absolute atomic E-state index is 10.6. The number of nitrogens with two attached hydrogens (primary N) is 1. The Morgan fingerprint density at radius 2 is 1.95 bits per heavy atom. The van der Waals surface area contributed by atoms with Gasteiger partial charge in [0.05, 0.1) is 5.60 Å². The molecule has 3 N–H and O–H groups in total. The summed E-state index contributed by atoms with van der Waals surface area (Å²) in [7, 11) is 1.99. The summed E-state index contributed by atoms with van der Waals surface area (Å²) in [6.45, 7) is 2.57. The maximum Gasteiger partial charge on any atom is 0.137 e. The first-order chi connectivity index (χ1) is 9.48. The van der Waals surface area contributed by atoms with Crippen LogP contribution in [0, 0.1) is 6.92 Å². The maximum atomic E-state index is 10.6. The SMILES string of the molecule is Cc1c(N)nc(C2CC2)nc1N(C)CC1(O)CCCC1. The minimum atomic E-state index is -0.569. The van der Waals surface area contributed by atoms with Crippen molar-refractivity contribution in [2.45, 2.75) is 57.0 Å². The number of aliphatic hydroxyl groups is 1. The fourth-order valence-corrected chi connectivity index (χ4v) is 3.14. The van der Waals surface area contributed by atoms with E-state index in [0.717, 1.165) is 55.7 Å². The minimum Gasteiger partial charge on any atom is -0.388 e. The van der Waals surface area contributed by atoms with Crippen molar-refractivity contribution in [3.63, 3.8) is 0 Å². The molecule has 2 aliphatic carbocycles. The van der Waals surface area contributed by atoms with E-state index >= 15 is 0 Å². The Labute approximate surface area is 120 Å². The molecule has 1 heterocycles. The highest BCUT2D eigenvalue weighted by atomic mass is 16.3. The normalized spacial score (nSPS) is 21.1. The van der Waals surface area contributed by atoms with Gasteiger partial charge in [-0.25, -0.2) is 9.97 Å². The monoisotopic (exact) mass is 276 g/mol. The predicted molar refractivity (Wildman–Crippen MR) is 79.8 cm³/mol. The number of anilines is 2. The Morgan fingerprint density at radius 3 is 2.55 bits per heavy atom. The third kappa shape index (κ3) is 2.59. The van der Waals surface area contributed by atoms with Crippen molar-refractivity contribution in [2.75, 3.05) is 24.2 Å². The fourth-order valence-electron chi connectivity index (χ4n) is 3.14. The highest BCUT2D eigenvalue weighted by molar-refractivity contribution is 5.56. The Morgan fingerprint density at radius 1 is 1.30 bits per heavy atom. The summed E-state index contributed by atoms with van der Waals surface area (Å²) in [6, 6.07) is 0. The van der Waals surface area contributed by atoms with Crippen molar-refractivity contribution in [1.29, 1.82) is 0 Å². The fraction of sp³-hybridized carbons (Fsp3) is 0.733. The Balaban J connectivity index is 1.84. The molecule has 2 aliphatic rings.